The number of morpholine rings is 1. The number of benzene rings is 2. The molecule has 0 bridgehead atoms. The van der Waals surface area contributed by atoms with E-state index in [9.17, 15) is 30.7 Å². The van der Waals surface area contributed by atoms with Crippen molar-refractivity contribution < 1.29 is 44.6 Å². The Hall–Kier alpha value is -2.89. The summed E-state index contributed by atoms with van der Waals surface area (Å²) < 4.78 is 118. The third kappa shape index (κ3) is 9.63. The van der Waals surface area contributed by atoms with E-state index in [0.717, 1.165) is 5.69 Å². The lowest BCUT2D eigenvalue weighted by molar-refractivity contribution is -0.326. The molecule has 266 valence electrons. The first-order chi connectivity index (χ1) is 22.2. The first-order valence-corrected chi connectivity index (χ1v) is 18.3. The molecule has 3 atom stereocenters. The highest BCUT2D eigenvalue weighted by atomic mass is 28.3. The summed E-state index contributed by atoms with van der Waals surface area (Å²) in [5.74, 6) is -2.58. The molecule has 0 radical (unpaired) electrons. The Bertz CT molecular complexity index is 1480. The van der Waals surface area contributed by atoms with Crippen molar-refractivity contribution in [2.24, 2.45) is 5.41 Å². The zero-order valence-electron chi connectivity index (χ0n) is 28.0. The van der Waals surface area contributed by atoms with Gasteiger partial charge in [-0.25, -0.2) is 4.39 Å². The van der Waals surface area contributed by atoms with Crippen molar-refractivity contribution >= 4 is 9.04 Å². The SMILES string of the molecule is CN(C)Cc1[nH]nnc1CN1CCOC(O[C@](CC(C)(C)C)(O[SiH](C)C)c2cc(C(F)(F)F)cc(C(F)(F)F)c2)C1c1ccc(F)cc1. The zero-order chi connectivity index (χ0) is 35.7. The Morgan fingerprint density at radius 1 is 0.958 bits per heavy atom. The van der Waals surface area contributed by atoms with Gasteiger partial charge in [-0.3, -0.25) is 10.00 Å². The Kier molecular flexibility index (Phi) is 11.5. The molecule has 0 aliphatic carbocycles. The molecule has 0 amide bonds. The van der Waals surface area contributed by atoms with E-state index in [1.54, 1.807) is 33.9 Å². The molecule has 48 heavy (non-hydrogen) atoms. The number of nitrogens with zero attached hydrogens (tertiary/aromatic N) is 4. The van der Waals surface area contributed by atoms with E-state index in [0.29, 0.717) is 36.5 Å². The van der Waals surface area contributed by atoms with Crippen LogP contribution in [0.15, 0.2) is 42.5 Å². The van der Waals surface area contributed by atoms with Crippen LogP contribution in [0.3, 0.4) is 0 Å². The molecule has 1 saturated heterocycles. The predicted octanol–water partition coefficient (Wildman–Crippen LogP) is 7.25. The van der Waals surface area contributed by atoms with Gasteiger partial charge in [0.1, 0.15) is 11.5 Å². The fraction of sp³-hybridized carbons (Fsp3) is 0.562. The van der Waals surface area contributed by atoms with Crippen LogP contribution in [0.5, 0.6) is 0 Å². The monoisotopic (exact) mass is 705 g/mol. The van der Waals surface area contributed by atoms with Crippen molar-refractivity contribution in [3.05, 3.63) is 81.9 Å². The molecular weight excluding hydrogens is 663 g/mol. The van der Waals surface area contributed by atoms with Gasteiger partial charge in [0.2, 0.25) is 0 Å². The van der Waals surface area contributed by atoms with Crippen LogP contribution in [-0.2, 0) is 45.1 Å². The molecule has 2 aromatic carbocycles. The molecule has 2 heterocycles. The lowest BCUT2D eigenvalue weighted by Gasteiger charge is -2.47. The Labute approximate surface area is 277 Å². The number of aromatic nitrogens is 3. The number of H-pyrrole nitrogens is 1. The van der Waals surface area contributed by atoms with E-state index in [1.807, 2.05) is 23.9 Å². The summed E-state index contributed by atoms with van der Waals surface area (Å²) in [6.45, 7) is 10.1. The number of halogens is 7. The highest BCUT2D eigenvalue weighted by Crippen LogP contribution is 2.47. The van der Waals surface area contributed by atoms with Gasteiger partial charge in [-0.1, -0.05) is 38.1 Å². The standard InChI is InChI=1S/C32H42F7N5O3Si/c1-29(2,3)19-30(47-48(6)7,21-14-22(31(34,35)36)16-23(15-21)32(37,38)39)46-28-27(20-8-10-24(33)11-9-20)44(12-13-45-28)18-26-25(17-43(4)5)40-42-41-26/h8-11,14-16,27-28,48H,12-13,17-19H2,1-7H3,(H,40,41,42)/t27?,28?,30-/m1/s1. The fourth-order valence-electron chi connectivity index (χ4n) is 5.82. The second kappa shape index (κ2) is 14.5. The maximum absolute atomic E-state index is 14.1. The van der Waals surface area contributed by atoms with E-state index in [1.165, 1.54) is 24.3 Å². The average molecular weight is 706 g/mol. The molecular formula is C32H42F7N5O3Si. The Morgan fingerprint density at radius 3 is 2.06 bits per heavy atom. The third-order valence-electron chi connectivity index (χ3n) is 7.58. The summed E-state index contributed by atoms with van der Waals surface area (Å²) >= 11 is 0. The summed E-state index contributed by atoms with van der Waals surface area (Å²) in [5, 5.41) is 11.1. The van der Waals surface area contributed by atoms with Gasteiger partial charge in [-0.2, -0.15) is 26.3 Å². The lowest BCUT2D eigenvalue weighted by Crippen LogP contribution is -2.51. The molecule has 4 rings (SSSR count). The number of aromatic amines is 1. The number of rotatable bonds is 11. The number of nitrogens with one attached hydrogen (secondary N) is 1. The van der Waals surface area contributed by atoms with E-state index >= 15 is 0 Å². The first-order valence-electron chi connectivity index (χ1n) is 15.5. The molecule has 1 fully saturated rings. The molecule has 1 N–H and O–H groups in total. The molecule has 1 aromatic heterocycles. The van der Waals surface area contributed by atoms with Crippen molar-refractivity contribution in [1.29, 1.82) is 0 Å². The Morgan fingerprint density at radius 2 is 1.54 bits per heavy atom. The first kappa shape index (κ1) is 37.9. The van der Waals surface area contributed by atoms with Crippen LogP contribution in [0, 0.1) is 11.2 Å². The molecule has 1 aliphatic rings. The van der Waals surface area contributed by atoms with Gasteiger partial charge in [0.05, 0.1) is 29.5 Å². The highest BCUT2D eigenvalue weighted by molar-refractivity contribution is 6.48. The third-order valence-corrected chi connectivity index (χ3v) is 8.43. The number of hydrogen-bond donors (Lipinski definition) is 1. The molecule has 8 nitrogen and oxygen atoms in total. The van der Waals surface area contributed by atoms with Crippen LogP contribution in [0.2, 0.25) is 13.1 Å². The lowest BCUT2D eigenvalue weighted by atomic mass is 9.83. The van der Waals surface area contributed by atoms with Crippen molar-refractivity contribution in [3.8, 4) is 0 Å². The molecule has 0 saturated carbocycles. The average Bonchev–Trinajstić information content (AvgIpc) is 3.37. The van der Waals surface area contributed by atoms with Crippen molar-refractivity contribution in [1.82, 2.24) is 25.2 Å². The van der Waals surface area contributed by atoms with E-state index in [-0.39, 0.29) is 25.6 Å². The predicted molar refractivity (Wildman–Crippen MR) is 166 cm³/mol. The van der Waals surface area contributed by atoms with Crippen LogP contribution in [0.1, 0.15) is 66.9 Å². The molecule has 3 aromatic rings. The van der Waals surface area contributed by atoms with Gasteiger partial charge in [-0.05, 0) is 68.5 Å². The van der Waals surface area contributed by atoms with Crippen molar-refractivity contribution in [3.63, 3.8) is 0 Å². The van der Waals surface area contributed by atoms with Crippen molar-refractivity contribution in [2.75, 3.05) is 27.2 Å². The van der Waals surface area contributed by atoms with E-state index < -0.39 is 67.4 Å². The normalized spacial score (nSPS) is 19.7. The van der Waals surface area contributed by atoms with Crippen LogP contribution in [-0.4, -0.2) is 67.8 Å². The summed E-state index contributed by atoms with van der Waals surface area (Å²) in [7, 11) is 1.51. The smallest absolute Gasteiger partial charge is 0.390 e. The minimum Gasteiger partial charge on any atom is -0.390 e. The van der Waals surface area contributed by atoms with E-state index in [2.05, 4.69) is 15.4 Å². The molecule has 2 unspecified atom stereocenters. The van der Waals surface area contributed by atoms with E-state index in [4.69, 9.17) is 13.9 Å². The van der Waals surface area contributed by atoms with Crippen LogP contribution >= 0.6 is 0 Å². The maximum atomic E-state index is 14.1. The van der Waals surface area contributed by atoms with Gasteiger partial charge in [0.25, 0.3) is 0 Å². The number of alkyl halides is 6. The summed E-state index contributed by atoms with van der Waals surface area (Å²) in [6, 6.07) is 6.20. The van der Waals surface area contributed by atoms with Crippen LogP contribution in [0.4, 0.5) is 30.7 Å². The minimum atomic E-state index is -5.09. The second-order valence-electron chi connectivity index (χ2n) is 13.8. The van der Waals surface area contributed by atoms with Crippen molar-refractivity contribution in [2.45, 2.75) is 83.8 Å². The molecule has 0 spiro atoms. The number of ether oxygens (including phenoxy) is 2. The van der Waals surface area contributed by atoms with Crippen LogP contribution in [0.25, 0.3) is 0 Å². The van der Waals surface area contributed by atoms with Crippen LogP contribution < -0.4 is 0 Å². The Balaban J connectivity index is 1.90. The van der Waals surface area contributed by atoms with Gasteiger partial charge in [-0.15, -0.1) is 5.10 Å². The fourth-order valence-corrected chi connectivity index (χ4v) is 6.85. The summed E-state index contributed by atoms with van der Waals surface area (Å²) in [6.07, 6.45) is -11.6. The second-order valence-corrected chi connectivity index (χ2v) is 16.1. The molecule has 1 aliphatic heterocycles. The quantitative estimate of drug-likeness (QED) is 0.128. The summed E-state index contributed by atoms with van der Waals surface area (Å²) in [4.78, 5) is 3.89. The summed E-state index contributed by atoms with van der Waals surface area (Å²) in [5.41, 5.74) is -2.18. The maximum Gasteiger partial charge on any atom is 0.416 e. The van der Waals surface area contributed by atoms with Gasteiger partial charge >= 0.3 is 12.4 Å². The number of hydrogen-bond acceptors (Lipinski definition) is 7. The largest absolute Gasteiger partial charge is 0.416 e. The zero-order valence-corrected chi connectivity index (χ0v) is 29.1. The van der Waals surface area contributed by atoms with Gasteiger partial charge in [0, 0.05) is 31.6 Å². The topological polar surface area (TPSA) is 75.7 Å². The minimum absolute atomic E-state index is 0.0849. The highest BCUT2D eigenvalue weighted by Gasteiger charge is 2.48. The molecule has 16 heteroatoms. The van der Waals surface area contributed by atoms with Gasteiger partial charge < -0.3 is 18.8 Å². The van der Waals surface area contributed by atoms with Gasteiger partial charge in [0.15, 0.2) is 21.1 Å².